The summed E-state index contributed by atoms with van der Waals surface area (Å²) in [7, 11) is 0. The van der Waals surface area contributed by atoms with Crippen molar-refractivity contribution in [3.63, 3.8) is 0 Å². The molecule has 1 amide bonds. The second kappa shape index (κ2) is 5.96. The van der Waals surface area contributed by atoms with Crippen LogP contribution in [0, 0.1) is 0 Å². The summed E-state index contributed by atoms with van der Waals surface area (Å²) in [5.74, 6) is -0.127. The molecule has 116 valence electrons. The predicted octanol–water partition coefficient (Wildman–Crippen LogP) is 3.00. The van der Waals surface area contributed by atoms with Gasteiger partial charge in [-0.2, -0.15) is 0 Å². The first-order valence-corrected chi connectivity index (χ1v) is 8.51. The van der Waals surface area contributed by atoms with Crippen molar-refractivity contribution in [3.8, 4) is 0 Å². The van der Waals surface area contributed by atoms with Crippen LogP contribution in [0.15, 0.2) is 53.9 Å². The smallest absolute Gasteiger partial charge is 0.271 e. The minimum absolute atomic E-state index is 0.0802. The molecule has 2 heterocycles. The Morgan fingerprint density at radius 1 is 1.35 bits per heavy atom. The maximum absolute atomic E-state index is 12.5. The van der Waals surface area contributed by atoms with Crippen LogP contribution in [0.3, 0.4) is 0 Å². The van der Waals surface area contributed by atoms with Crippen LogP contribution >= 0.6 is 11.3 Å². The minimum Gasteiger partial charge on any atom is -0.342 e. The summed E-state index contributed by atoms with van der Waals surface area (Å²) in [6.45, 7) is 0. The lowest BCUT2D eigenvalue weighted by molar-refractivity contribution is 0.0913. The van der Waals surface area contributed by atoms with Crippen LogP contribution in [0.25, 0.3) is 0 Å². The van der Waals surface area contributed by atoms with Gasteiger partial charge in [0.1, 0.15) is 5.69 Å². The zero-order valence-electron chi connectivity index (χ0n) is 12.4. The van der Waals surface area contributed by atoms with Crippen molar-refractivity contribution in [2.24, 2.45) is 0 Å². The number of nitrogens with one attached hydrogen (secondary N) is 1. The monoisotopic (exact) mass is 324 g/mol. The first-order chi connectivity index (χ1) is 11.3. The van der Waals surface area contributed by atoms with E-state index in [1.54, 1.807) is 17.1 Å². The van der Waals surface area contributed by atoms with Crippen molar-refractivity contribution in [2.75, 3.05) is 0 Å². The summed E-state index contributed by atoms with van der Waals surface area (Å²) in [6.07, 6.45) is 7.53. The Morgan fingerprint density at radius 3 is 3.04 bits per heavy atom. The standard InChI is InChI=1S/C17H16N4OS/c22-17(14-9-23-11-19-14)20-16-13-4-2-1-3-12(13)5-6-15(16)21-8-7-18-10-21/h1-4,7-11,15-16H,5-6H2,(H,20,22)/t15-,16+/m1/s1. The SMILES string of the molecule is O=C(N[C@H]1c2ccccc2CC[C@H]1n1ccnc1)c1cscn1. The van der Waals surface area contributed by atoms with Gasteiger partial charge >= 0.3 is 0 Å². The Labute approximate surface area is 138 Å². The minimum atomic E-state index is -0.127. The van der Waals surface area contributed by atoms with Crippen LogP contribution in [-0.4, -0.2) is 20.4 Å². The molecule has 23 heavy (non-hydrogen) atoms. The van der Waals surface area contributed by atoms with Gasteiger partial charge < -0.3 is 9.88 Å². The fraction of sp³-hybridized carbons (Fsp3) is 0.235. The van der Waals surface area contributed by atoms with Crippen molar-refractivity contribution < 1.29 is 4.79 Å². The fourth-order valence-electron chi connectivity index (χ4n) is 3.24. The Morgan fingerprint density at radius 2 is 2.26 bits per heavy atom. The number of hydrogen-bond donors (Lipinski definition) is 1. The molecule has 0 spiro atoms. The number of aryl methyl sites for hydroxylation is 1. The quantitative estimate of drug-likeness (QED) is 0.806. The summed E-state index contributed by atoms with van der Waals surface area (Å²) < 4.78 is 2.09. The van der Waals surface area contributed by atoms with Gasteiger partial charge in [0.25, 0.3) is 5.91 Å². The van der Waals surface area contributed by atoms with Gasteiger partial charge in [-0.1, -0.05) is 24.3 Å². The van der Waals surface area contributed by atoms with E-state index in [-0.39, 0.29) is 18.0 Å². The molecule has 1 aromatic carbocycles. The number of rotatable bonds is 3. The van der Waals surface area contributed by atoms with Gasteiger partial charge in [-0.25, -0.2) is 9.97 Å². The lowest BCUT2D eigenvalue weighted by Crippen LogP contribution is -2.37. The molecule has 1 aliphatic carbocycles. The number of amides is 1. The maximum Gasteiger partial charge on any atom is 0.271 e. The Bertz CT molecular complexity index is 798. The third-order valence-corrected chi connectivity index (χ3v) is 4.93. The molecular weight excluding hydrogens is 308 g/mol. The predicted molar refractivity (Wildman–Crippen MR) is 88.3 cm³/mol. The van der Waals surface area contributed by atoms with Crippen molar-refractivity contribution in [1.29, 1.82) is 0 Å². The molecule has 4 rings (SSSR count). The summed E-state index contributed by atoms with van der Waals surface area (Å²) in [5, 5.41) is 4.95. The maximum atomic E-state index is 12.5. The highest BCUT2D eigenvalue weighted by molar-refractivity contribution is 7.07. The number of nitrogens with zero attached hydrogens (tertiary/aromatic N) is 3. The number of imidazole rings is 1. The number of aromatic nitrogens is 3. The second-order valence-corrected chi connectivity index (χ2v) is 6.36. The van der Waals surface area contributed by atoms with E-state index in [1.807, 2.05) is 18.6 Å². The molecule has 0 radical (unpaired) electrons. The number of thiazole rings is 1. The largest absolute Gasteiger partial charge is 0.342 e. The second-order valence-electron chi connectivity index (χ2n) is 5.64. The van der Waals surface area contributed by atoms with Gasteiger partial charge in [0.15, 0.2) is 0 Å². The zero-order valence-corrected chi connectivity index (χ0v) is 13.2. The van der Waals surface area contributed by atoms with Gasteiger partial charge in [-0.05, 0) is 24.0 Å². The molecule has 5 nitrogen and oxygen atoms in total. The summed E-state index contributed by atoms with van der Waals surface area (Å²) in [4.78, 5) is 20.8. The zero-order chi connectivity index (χ0) is 15.6. The van der Waals surface area contributed by atoms with Gasteiger partial charge in [0.2, 0.25) is 0 Å². The average molecular weight is 324 g/mol. The lowest BCUT2D eigenvalue weighted by atomic mass is 9.83. The van der Waals surface area contributed by atoms with Gasteiger partial charge in [-0.3, -0.25) is 4.79 Å². The van der Waals surface area contributed by atoms with Crippen molar-refractivity contribution in [3.05, 3.63) is 70.7 Å². The normalized spacial score (nSPS) is 20.0. The summed E-state index contributed by atoms with van der Waals surface area (Å²) >= 11 is 1.43. The van der Waals surface area contributed by atoms with Crippen LogP contribution in [0.1, 0.15) is 40.1 Å². The van der Waals surface area contributed by atoms with E-state index in [0.717, 1.165) is 12.8 Å². The summed E-state index contributed by atoms with van der Waals surface area (Å²) in [6, 6.07) is 8.40. The topological polar surface area (TPSA) is 59.8 Å². The van der Waals surface area contributed by atoms with Crippen LogP contribution in [0.5, 0.6) is 0 Å². The van der Waals surface area contributed by atoms with Crippen LogP contribution in [0.4, 0.5) is 0 Å². The fourth-order valence-corrected chi connectivity index (χ4v) is 3.78. The van der Waals surface area contributed by atoms with Crippen molar-refractivity contribution in [1.82, 2.24) is 19.9 Å². The van der Waals surface area contributed by atoms with E-state index >= 15 is 0 Å². The first kappa shape index (κ1) is 14.1. The van der Waals surface area contributed by atoms with Crippen molar-refractivity contribution >= 4 is 17.2 Å². The molecular formula is C17H16N4OS. The average Bonchev–Trinajstić information content (AvgIpc) is 3.29. The van der Waals surface area contributed by atoms with Gasteiger partial charge in [0.05, 0.1) is 23.9 Å². The molecule has 0 saturated heterocycles. The van der Waals surface area contributed by atoms with Gasteiger partial charge in [0, 0.05) is 17.8 Å². The number of hydrogen-bond acceptors (Lipinski definition) is 4. The molecule has 1 aliphatic rings. The Balaban J connectivity index is 1.70. The highest BCUT2D eigenvalue weighted by Gasteiger charge is 2.32. The summed E-state index contributed by atoms with van der Waals surface area (Å²) in [5.41, 5.74) is 4.63. The van der Waals surface area contributed by atoms with Crippen LogP contribution < -0.4 is 5.32 Å². The van der Waals surface area contributed by atoms with E-state index < -0.39 is 0 Å². The molecule has 0 aliphatic heterocycles. The van der Waals surface area contributed by atoms with E-state index in [4.69, 9.17) is 0 Å². The van der Waals surface area contributed by atoms with Gasteiger partial charge in [-0.15, -0.1) is 11.3 Å². The molecule has 2 aromatic heterocycles. The molecule has 2 atom stereocenters. The molecule has 0 fully saturated rings. The van der Waals surface area contributed by atoms with Crippen LogP contribution in [0.2, 0.25) is 0 Å². The Hall–Kier alpha value is -2.47. The molecule has 0 bridgehead atoms. The number of fused-ring (bicyclic) bond motifs is 1. The van der Waals surface area contributed by atoms with Crippen molar-refractivity contribution in [2.45, 2.75) is 24.9 Å². The van der Waals surface area contributed by atoms with E-state index in [1.165, 1.54) is 22.5 Å². The highest BCUT2D eigenvalue weighted by atomic mass is 32.1. The number of carbonyl (C=O) groups is 1. The highest BCUT2D eigenvalue weighted by Crippen LogP contribution is 2.37. The van der Waals surface area contributed by atoms with E-state index in [0.29, 0.717) is 5.69 Å². The van der Waals surface area contributed by atoms with E-state index in [2.05, 4.69) is 38.1 Å². The third kappa shape index (κ3) is 2.66. The number of carbonyl (C=O) groups excluding carboxylic acids is 1. The third-order valence-electron chi connectivity index (χ3n) is 4.34. The molecule has 1 N–H and O–H groups in total. The lowest BCUT2D eigenvalue weighted by Gasteiger charge is -2.34. The molecule has 6 heteroatoms. The molecule has 0 unspecified atom stereocenters. The molecule has 0 saturated carbocycles. The Kier molecular flexibility index (Phi) is 3.67. The number of benzene rings is 1. The van der Waals surface area contributed by atoms with Crippen LogP contribution in [-0.2, 0) is 6.42 Å². The van der Waals surface area contributed by atoms with E-state index in [9.17, 15) is 4.79 Å². The first-order valence-electron chi connectivity index (χ1n) is 7.57. The molecule has 3 aromatic rings.